The Morgan fingerprint density at radius 3 is 2.55 bits per heavy atom. The van der Waals surface area contributed by atoms with Gasteiger partial charge in [0.2, 0.25) is 0 Å². The molecule has 1 heterocycles. The van der Waals surface area contributed by atoms with Crippen molar-refractivity contribution in [3.63, 3.8) is 0 Å². The number of rotatable bonds is 3. The number of aryl methyl sites for hydroxylation is 1. The third-order valence-corrected chi connectivity index (χ3v) is 3.32. The first kappa shape index (κ1) is 12.8. The zero-order valence-corrected chi connectivity index (χ0v) is 11.5. The zero-order valence-electron chi connectivity index (χ0n) is 11.5. The van der Waals surface area contributed by atoms with E-state index in [0.29, 0.717) is 6.54 Å². The van der Waals surface area contributed by atoms with Gasteiger partial charge in [0.1, 0.15) is 0 Å². The highest BCUT2D eigenvalue weighted by Crippen LogP contribution is 2.22. The van der Waals surface area contributed by atoms with Crippen molar-refractivity contribution in [1.82, 2.24) is 9.97 Å². The van der Waals surface area contributed by atoms with E-state index >= 15 is 0 Å². The van der Waals surface area contributed by atoms with Crippen molar-refractivity contribution >= 4 is 10.8 Å². The topological polar surface area (TPSA) is 51.8 Å². The van der Waals surface area contributed by atoms with E-state index in [1.165, 1.54) is 10.8 Å². The number of hydrogen-bond acceptors (Lipinski definition) is 3. The van der Waals surface area contributed by atoms with Crippen LogP contribution in [0.1, 0.15) is 11.4 Å². The monoisotopic (exact) mass is 263 g/mol. The Labute approximate surface area is 118 Å². The van der Waals surface area contributed by atoms with E-state index in [1.54, 1.807) is 0 Å². The van der Waals surface area contributed by atoms with Crippen LogP contribution in [0.15, 0.2) is 48.5 Å². The van der Waals surface area contributed by atoms with E-state index in [2.05, 4.69) is 40.3 Å². The lowest BCUT2D eigenvalue weighted by Gasteiger charge is -2.06. The van der Waals surface area contributed by atoms with Gasteiger partial charge < -0.3 is 5.73 Å². The van der Waals surface area contributed by atoms with Crippen molar-refractivity contribution < 1.29 is 0 Å². The van der Waals surface area contributed by atoms with E-state index in [1.807, 2.05) is 25.1 Å². The summed E-state index contributed by atoms with van der Waals surface area (Å²) in [5, 5.41) is 2.43. The van der Waals surface area contributed by atoms with Crippen molar-refractivity contribution in [3.05, 3.63) is 59.9 Å². The van der Waals surface area contributed by atoms with E-state index in [9.17, 15) is 0 Å². The van der Waals surface area contributed by atoms with Crippen molar-refractivity contribution in [2.24, 2.45) is 5.73 Å². The lowest BCUT2D eigenvalue weighted by Crippen LogP contribution is -2.06. The molecule has 0 spiro atoms. The molecule has 0 amide bonds. The Bertz CT molecular complexity index is 750. The summed E-state index contributed by atoms with van der Waals surface area (Å²) >= 11 is 0. The van der Waals surface area contributed by atoms with Crippen LogP contribution in [0.2, 0.25) is 0 Å². The van der Waals surface area contributed by atoms with Crippen LogP contribution >= 0.6 is 0 Å². The molecule has 2 aromatic carbocycles. The van der Waals surface area contributed by atoms with Gasteiger partial charge in [0, 0.05) is 23.4 Å². The van der Waals surface area contributed by atoms with Crippen molar-refractivity contribution in [3.8, 4) is 11.4 Å². The molecule has 0 radical (unpaired) electrons. The molecule has 0 atom stereocenters. The van der Waals surface area contributed by atoms with Crippen molar-refractivity contribution in [2.45, 2.75) is 13.3 Å². The van der Waals surface area contributed by atoms with Gasteiger partial charge in [-0.1, -0.05) is 36.4 Å². The Morgan fingerprint density at radius 1 is 0.950 bits per heavy atom. The van der Waals surface area contributed by atoms with Crippen LogP contribution in [-0.2, 0) is 6.42 Å². The number of nitrogens with two attached hydrogens (primary N) is 1. The van der Waals surface area contributed by atoms with Gasteiger partial charge in [-0.15, -0.1) is 0 Å². The molecule has 20 heavy (non-hydrogen) atoms. The Balaban J connectivity index is 2.10. The normalized spacial score (nSPS) is 10.9. The molecule has 1 aromatic heterocycles. The second-order valence-electron chi connectivity index (χ2n) is 4.92. The summed E-state index contributed by atoms with van der Waals surface area (Å²) in [5.74, 6) is 0.777. The van der Waals surface area contributed by atoms with Crippen LogP contribution in [0.4, 0.5) is 0 Å². The minimum atomic E-state index is 0.605. The van der Waals surface area contributed by atoms with Gasteiger partial charge in [-0.2, -0.15) is 0 Å². The minimum absolute atomic E-state index is 0.605. The van der Waals surface area contributed by atoms with Crippen LogP contribution in [-0.4, -0.2) is 16.5 Å². The molecule has 0 bridgehead atoms. The van der Waals surface area contributed by atoms with Gasteiger partial charge >= 0.3 is 0 Å². The van der Waals surface area contributed by atoms with Crippen molar-refractivity contribution in [1.29, 1.82) is 0 Å². The first-order chi connectivity index (χ1) is 9.76. The molecule has 2 N–H and O–H groups in total. The molecule has 0 aliphatic carbocycles. The molecular formula is C17H17N3. The summed E-state index contributed by atoms with van der Waals surface area (Å²) in [7, 11) is 0. The van der Waals surface area contributed by atoms with Gasteiger partial charge in [0.25, 0.3) is 0 Å². The Hall–Kier alpha value is -2.26. The summed E-state index contributed by atoms with van der Waals surface area (Å²) in [6, 6.07) is 16.6. The molecule has 0 unspecified atom stereocenters. The average molecular weight is 263 g/mol. The lowest BCUT2D eigenvalue weighted by molar-refractivity contribution is 0.905. The highest BCUT2D eigenvalue weighted by Gasteiger charge is 2.05. The average Bonchev–Trinajstić information content (AvgIpc) is 2.46. The van der Waals surface area contributed by atoms with E-state index in [0.717, 1.165) is 29.2 Å². The molecule has 0 saturated heterocycles. The predicted octanol–water partition coefficient (Wildman–Crippen LogP) is 3.11. The highest BCUT2D eigenvalue weighted by molar-refractivity contribution is 5.86. The Morgan fingerprint density at radius 2 is 1.75 bits per heavy atom. The SMILES string of the molecule is Cc1cc(CCN)nc(-c2ccc3ccccc3c2)n1. The standard InChI is InChI=1S/C17H17N3/c1-12-10-16(8-9-18)20-17(19-12)15-7-6-13-4-2-3-5-14(13)11-15/h2-7,10-11H,8-9,18H2,1H3. The maximum Gasteiger partial charge on any atom is 0.159 e. The summed E-state index contributed by atoms with van der Waals surface area (Å²) in [6.07, 6.45) is 0.782. The zero-order chi connectivity index (χ0) is 13.9. The number of benzene rings is 2. The second kappa shape index (κ2) is 5.39. The van der Waals surface area contributed by atoms with Gasteiger partial charge in [-0.25, -0.2) is 9.97 Å². The summed E-state index contributed by atoms with van der Waals surface area (Å²) in [6.45, 7) is 2.60. The van der Waals surface area contributed by atoms with Crippen LogP contribution in [0, 0.1) is 6.92 Å². The predicted molar refractivity (Wildman–Crippen MR) is 82.5 cm³/mol. The van der Waals surface area contributed by atoms with E-state index in [4.69, 9.17) is 5.73 Å². The highest BCUT2D eigenvalue weighted by atomic mass is 14.9. The number of hydrogen-bond donors (Lipinski definition) is 1. The maximum absolute atomic E-state index is 5.61. The summed E-state index contributed by atoms with van der Waals surface area (Å²) < 4.78 is 0. The molecule has 0 aliphatic heterocycles. The molecule has 0 fully saturated rings. The fraction of sp³-hybridized carbons (Fsp3) is 0.176. The maximum atomic E-state index is 5.61. The molecule has 3 rings (SSSR count). The Kier molecular flexibility index (Phi) is 3.44. The third-order valence-electron chi connectivity index (χ3n) is 3.32. The van der Waals surface area contributed by atoms with Crippen LogP contribution < -0.4 is 5.73 Å². The van der Waals surface area contributed by atoms with Gasteiger partial charge in [0.05, 0.1) is 0 Å². The fourth-order valence-corrected chi connectivity index (χ4v) is 2.37. The van der Waals surface area contributed by atoms with Gasteiger partial charge in [-0.3, -0.25) is 0 Å². The fourth-order valence-electron chi connectivity index (χ4n) is 2.37. The first-order valence-corrected chi connectivity index (χ1v) is 6.80. The summed E-state index contributed by atoms with van der Waals surface area (Å²) in [4.78, 5) is 9.15. The van der Waals surface area contributed by atoms with Gasteiger partial charge in [0.15, 0.2) is 5.82 Å². The number of aromatic nitrogens is 2. The quantitative estimate of drug-likeness (QED) is 0.790. The second-order valence-corrected chi connectivity index (χ2v) is 4.92. The molecule has 3 heteroatoms. The largest absolute Gasteiger partial charge is 0.330 e. The lowest BCUT2D eigenvalue weighted by atomic mass is 10.1. The van der Waals surface area contributed by atoms with Gasteiger partial charge in [-0.05, 0) is 36.4 Å². The third kappa shape index (κ3) is 2.53. The number of nitrogens with zero attached hydrogens (tertiary/aromatic N) is 2. The van der Waals surface area contributed by atoms with E-state index in [-0.39, 0.29) is 0 Å². The molecule has 0 saturated carbocycles. The number of fused-ring (bicyclic) bond motifs is 1. The van der Waals surface area contributed by atoms with Crippen LogP contribution in [0.5, 0.6) is 0 Å². The molecule has 100 valence electrons. The minimum Gasteiger partial charge on any atom is -0.330 e. The van der Waals surface area contributed by atoms with Crippen LogP contribution in [0.25, 0.3) is 22.2 Å². The first-order valence-electron chi connectivity index (χ1n) is 6.80. The molecule has 3 aromatic rings. The van der Waals surface area contributed by atoms with E-state index < -0.39 is 0 Å². The molecular weight excluding hydrogens is 246 g/mol. The molecule has 0 aliphatic rings. The molecule has 3 nitrogen and oxygen atoms in total. The summed E-state index contributed by atoms with van der Waals surface area (Å²) in [5.41, 5.74) is 8.64. The smallest absolute Gasteiger partial charge is 0.159 e. The van der Waals surface area contributed by atoms with Crippen LogP contribution in [0.3, 0.4) is 0 Å². The van der Waals surface area contributed by atoms with Crippen molar-refractivity contribution in [2.75, 3.05) is 6.54 Å².